The van der Waals surface area contributed by atoms with Crippen LogP contribution < -0.4 is 4.74 Å². The van der Waals surface area contributed by atoms with Gasteiger partial charge < -0.3 is 14.7 Å². The zero-order valence-corrected chi connectivity index (χ0v) is 18.1. The van der Waals surface area contributed by atoms with E-state index in [1.54, 1.807) is 55.1 Å². The minimum atomic E-state index is -3.74. The largest absolute Gasteiger partial charge is 0.485 e. The molecule has 30 heavy (non-hydrogen) atoms. The van der Waals surface area contributed by atoms with Crippen molar-refractivity contribution < 1.29 is 23.1 Å². The maximum absolute atomic E-state index is 13.1. The van der Waals surface area contributed by atoms with Crippen LogP contribution in [0, 0.1) is 0 Å². The Hall–Kier alpha value is -2.42. The summed E-state index contributed by atoms with van der Waals surface area (Å²) in [6.45, 7) is 4.91. The number of hydrogen-bond donors (Lipinski definition) is 1. The lowest BCUT2D eigenvalue weighted by atomic mass is 9.85. The molecule has 0 saturated carbocycles. The third kappa shape index (κ3) is 3.49. The molecule has 0 aliphatic carbocycles. The molecule has 2 aliphatic rings. The molecule has 2 heterocycles. The van der Waals surface area contributed by atoms with Crippen molar-refractivity contribution in [1.82, 2.24) is 9.80 Å². The first-order valence-corrected chi connectivity index (χ1v) is 11.4. The normalized spacial score (nSPS) is 24.3. The van der Waals surface area contributed by atoms with Crippen molar-refractivity contribution in [2.45, 2.75) is 41.4 Å². The molecule has 1 N–H and O–H groups in total. The lowest BCUT2D eigenvalue weighted by Gasteiger charge is -2.48. The van der Waals surface area contributed by atoms with Gasteiger partial charge in [0.15, 0.2) is 0 Å². The number of carbonyl (C=O) groups excluding carboxylic acids is 1. The number of amides is 1. The smallest absolute Gasteiger partial charge is 0.237 e. The van der Waals surface area contributed by atoms with Crippen molar-refractivity contribution in [1.29, 1.82) is 0 Å². The second-order valence-electron chi connectivity index (χ2n) is 8.44. The maximum atomic E-state index is 13.1. The Kier molecular flexibility index (Phi) is 5.12. The van der Waals surface area contributed by atoms with E-state index < -0.39 is 27.6 Å². The first kappa shape index (κ1) is 20.8. The van der Waals surface area contributed by atoms with Gasteiger partial charge in [-0.25, -0.2) is 8.42 Å². The van der Waals surface area contributed by atoms with Gasteiger partial charge in [0.05, 0.1) is 22.4 Å². The Morgan fingerprint density at radius 3 is 2.43 bits per heavy atom. The monoisotopic (exact) mass is 430 g/mol. The van der Waals surface area contributed by atoms with Crippen LogP contribution in [0.25, 0.3) is 0 Å². The van der Waals surface area contributed by atoms with Crippen LogP contribution in [-0.2, 0) is 14.6 Å². The van der Waals surface area contributed by atoms with E-state index in [1.807, 2.05) is 11.9 Å². The van der Waals surface area contributed by atoms with Crippen LogP contribution in [0.5, 0.6) is 5.75 Å². The summed E-state index contributed by atoms with van der Waals surface area (Å²) in [5, 5.41) is 11.1. The number of nitrogens with zero attached hydrogens (tertiary/aromatic N) is 2. The number of piperazine rings is 1. The van der Waals surface area contributed by atoms with Gasteiger partial charge in [0.2, 0.25) is 15.7 Å². The molecule has 160 valence electrons. The predicted molar refractivity (Wildman–Crippen MR) is 111 cm³/mol. The summed E-state index contributed by atoms with van der Waals surface area (Å²) in [4.78, 5) is 16.7. The van der Waals surface area contributed by atoms with Gasteiger partial charge in [-0.05, 0) is 51.2 Å². The van der Waals surface area contributed by atoms with E-state index >= 15 is 0 Å². The Morgan fingerprint density at radius 2 is 1.77 bits per heavy atom. The van der Waals surface area contributed by atoms with Gasteiger partial charge in [-0.1, -0.05) is 18.2 Å². The topological polar surface area (TPSA) is 87.2 Å². The van der Waals surface area contributed by atoms with E-state index in [1.165, 1.54) is 12.1 Å². The maximum Gasteiger partial charge on any atom is 0.237 e. The molecule has 0 bridgehead atoms. The summed E-state index contributed by atoms with van der Waals surface area (Å²) in [5.74, 6) is 0.377. The summed E-state index contributed by atoms with van der Waals surface area (Å²) < 4.78 is 32.2. The molecular weight excluding hydrogens is 404 g/mol. The first-order valence-electron chi connectivity index (χ1n) is 9.90. The van der Waals surface area contributed by atoms with Crippen molar-refractivity contribution in [2.24, 2.45) is 0 Å². The number of carbonyl (C=O) groups is 1. The molecule has 0 unspecified atom stereocenters. The second-order valence-corrected chi connectivity index (χ2v) is 10.4. The van der Waals surface area contributed by atoms with Crippen LogP contribution in [0.15, 0.2) is 58.3 Å². The average Bonchev–Trinajstić information content (AvgIpc) is 2.70. The molecule has 2 aromatic carbocycles. The molecule has 2 atom stereocenters. The number of hydrogen-bond acceptors (Lipinski definition) is 6. The van der Waals surface area contributed by atoms with Gasteiger partial charge in [0.25, 0.3) is 0 Å². The highest BCUT2D eigenvalue weighted by molar-refractivity contribution is 7.91. The van der Waals surface area contributed by atoms with Crippen LogP contribution in [0.2, 0.25) is 0 Å². The number of fused-ring (bicyclic) bond motifs is 1. The third-order valence-electron chi connectivity index (χ3n) is 5.83. The molecule has 1 fully saturated rings. The predicted octanol–water partition coefficient (Wildman–Crippen LogP) is 1.87. The van der Waals surface area contributed by atoms with Gasteiger partial charge >= 0.3 is 0 Å². The van der Waals surface area contributed by atoms with Crippen molar-refractivity contribution in [2.75, 3.05) is 26.7 Å². The number of benzene rings is 2. The summed E-state index contributed by atoms with van der Waals surface area (Å²) >= 11 is 0. The van der Waals surface area contributed by atoms with Crippen LogP contribution in [0.3, 0.4) is 0 Å². The Bertz CT molecular complexity index is 1070. The molecule has 8 heteroatoms. The molecular formula is C22H26N2O5S. The average molecular weight is 431 g/mol. The highest BCUT2D eigenvalue weighted by Gasteiger charge is 2.47. The minimum absolute atomic E-state index is 0.104. The number of rotatable bonds is 3. The summed E-state index contributed by atoms with van der Waals surface area (Å²) in [5.41, 5.74) is -0.419. The lowest BCUT2D eigenvalue weighted by Crippen LogP contribution is -2.58. The fourth-order valence-electron chi connectivity index (χ4n) is 4.08. The summed E-state index contributed by atoms with van der Waals surface area (Å²) in [6.07, 6.45) is -1.01. The van der Waals surface area contributed by atoms with E-state index in [4.69, 9.17) is 4.74 Å². The number of aliphatic hydroxyl groups excluding tert-OH is 1. The molecule has 2 aromatic rings. The zero-order chi connectivity index (χ0) is 21.7. The van der Waals surface area contributed by atoms with Gasteiger partial charge in [-0.3, -0.25) is 9.69 Å². The molecule has 1 amide bonds. The second kappa shape index (κ2) is 7.37. The standard InChI is InChI=1S/C22H26N2O5S/c1-22(2)21(26)20(24-12-11-23(3)14-19(24)25)17-13-16(9-10-18(17)29-22)30(27,28)15-7-5-4-6-8-15/h4-10,13,20-21,26H,11-12,14H2,1-3H3/t20-,21+/m0/s1. The zero-order valence-electron chi connectivity index (χ0n) is 17.3. The fourth-order valence-corrected chi connectivity index (χ4v) is 5.40. The van der Waals surface area contributed by atoms with Crippen molar-refractivity contribution in [3.63, 3.8) is 0 Å². The Labute approximate surface area is 176 Å². The number of ether oxygens (including phenoxy) is 1. The van der Waals surface area contributed by atoms with Gasteiger partial charge in [-0.2, -0.15) is 0 Å². The molecule has 0 radical (unpaired) electrons. The SMILES string of the molecule is CN1CCN([C@H]2c3cc(S(=O)(=O)c4ccccc4)ccc3OC(C)(C)[C@@H]2O)C(=O)C1. The molecule has 0 spiro atoms. The number of sulfone groups is 1. The van der Waals surface area contributed by atoms with E-state index in [9.17, 15) is 18.3 Å². The molecule has 2 aliphatic heterocycles. The molecule has 0 aromatic heterocycles. The summed E-state index contributed by atoms with van der Waals surface area (Å²) in [6, 6.07) is 12.2. The van der Waals surface area contributed by atoms with Gasteiger partial charge in [0, 0.05) is 18.7 Å². The van der Waals surface area contributed by atoms with Crippen LogP contribution >= 0.6 is 0 Å². The summed E-state index contributed by atoms with van der Waals surface area (Å²) in [7, 11) is -1.87. The van der Waals surface area contributed by atoms with Crippen molar-refractivity contribution >= 4 is 15.7 Å². The minimum Gasteiger partial charge on any atom is -0.485 e. The Morgan fingerprint density at radius 1 is 1.07 bits per heavy atom. The van der Waals surface area contributed by atoms with E-state index in [0.29, 0.717) is 24.4 Å². The highest BCUT2D eigenvalue weighted by Crippen LogP contribution is 2.44. The number of aliphatic hydroxyl groups is 1. The van der Waals surface area contributed by atoms with Crippen LogP contribution in [0.4, 0.5) is 0 Å². The molecule has 4 rings (SSSR count). The van der Waals surface area contributed by atoms with Crippen molar-refractivity contribution in [3.8, 4) is 5.75 Å². The molecule has 7 nitrogen and oxygen atoms in total. The highest BCUT2D eigenvalue weighted by atomic mass is 32.2. The first-order chi connectivity index (χ1) is 14.1. The van der Waals surface area contributed by atoms with Crippen LogP contribution in [0.1, 0.15) is 25.5 Å². The Balaban J connectivity index is 1.82. The molecule has 1 saturated heterocycles. The van der Waals surface area contributed by atoms with Gasteiger partial charge in [-0.15, -0.1) is 0 Å². The lowest BCUT2D eigenvalue weighted by molar-refractivity contribution is -0.149. The quantitative estimate of drug-likeness (QED) is 0.800. The van der Waals surface area contributed by atoms with E-state index in [2.05, 4.69) is 0 Å². The third-order valence-corrected chi connectivity index (χ3v) is 7.60. The van der Waals surface area contributed by atoms with E-state index in [0.717, 1.165) is 0 Å². The fraction of sp³-hybridized carbons (Fsp3) is 0.409. The van der Waals surface area contributed by atoms with E-state index in [-0.39, 0.29) is 22.2 Å². The van der Waals surface area contributed by atoms with Crippen LogP contribution in [-0.4, -0.2) is 67.6 Å². The van der Waals surface area contributed by atoms with Gasteiger partial charge in [0.1, 0.15) is 17.5 Å². The van der Waals surface area contributed by atoms with Crippen molar-refractivity contribution in [3.05, 3.63) is 54.1 Å². The number of likely N-dealkylation sites (N-methyl/N-ethyl adjacent to an activating group) is 1.